The van der Waals surface area contributed by atoms with E-state index in [1.165, 1.54) is 6.33 Å². The number of ether oxygens (including phenoxy) is 1. The van der Waals surface area contributed by atoms with E-state index in [4.69, 9.17) is 27.9 Å². The van der Waals surface area contributed by atoms with E-state index in [-0.39, 0.29) is 0 Å². The second-order valence-electron chi connectivity index (χ2n) is 6.09. The van der Waals surface area contributed by atoms with Gasteiger partial charge in [-0.3, -0.25) is 5.10 Å². The SMILES string of the molecule is CCCC(O)(Cc1ncn[nH]1)c1ccc(Oc2ccc(Cl)cc2)cc1Cl. The summed E-state index contributed by atoms with van der Waals surface area (Å²) in [5, 5.41) is 18.9. The first-order valence-corrected chi connectivity index (χ1v) is 9.06. The fourth-order valence-electron chi connectivity index (χ4n) is 2.90. The fourth-order valence-corrected chi connectivity index (χ4v) is 3.37. The summed E-state index contributed by atoms with van der Waals surface area (Å²) < 4.78 is 5.79. The minimum Gasteiger partial charge on any atom is -0.457 e. The van der Waals surface area contributed by atoms with Gasteiger partial charge in [0.1, 0.15) is 23.7 Å². The van der Waals surface area contributed by atoms with Gasteiger partial charge in [0.2, 0.25) is 0 Å². The summed E-state index contributed by atoms with van der Waals surface area (Å²) in [5.41, 5.74) is -0.495. The molecular weight excluding hydrogens is 373 g/mol. The van der Waals surface area contributed by atoms with Crippen molar-refractivity contribution in [3.05, 3.63) is 70.2 Å². The standard InChI is InChI=1S/C19H19Cl2N3O2/c1-2-9-19(25,11-18-22-12-23-24-18)16-8-7-15(10-17(16)21)26-14-5-3-13(20)4-6-14/h3-8,10,12,25H,2,9,11H2,1H3,(H,22,23,24). The lowest BCUT2D eigenvalue weighted by atomic mass is 9.86. The molecule has 0 aliphatic carbocycles. The zero-order chi connectivity index (χ0) is 18.6. The van der Waals surface area contributed by atoms with Gasteiger partial charge in [0, 0.05) is 17.0 Å². The lowest BCUT2D eigenvalue weighted by Crippen LogP contribution is -2.29. The van der Waals surface area contributed by atoms with E-state index in [0.717, 1.165) is 6.42 Å². The molecule has 0 bridgehead atoms. The number of hydrogen-bond acceptors (Lipinski definition) is 4. The Morgan fingerprint density at radius 1 is 1.12 bits per heavy atom. The Morgan fingerprint density at radius 3 is 2.46 bits per heavy atom. The highest BCUT2D eigenvalue weighted by Gasteiger charge is 2.32. The van der Waals surface area contributed by atoms with E-state index in [2.05, 4.69) is 15.2 Å². The number of H-pyrrole nitrogens is 1. The molecule has 1 heterocycles. The van der Waals surface area contributed by atoms with Crippen LogP contribution < -0.4 is 4.74 Å². The van der Waals surface area contributed by atoms with Crippen molar-refractivity contribution < 1.29 is 9.84 Å². The highest BCUT2D eigenvalue weighted by Crippen LogP contribution is 2.37. The van der Waals surface area contributed by atoms with Crippen LogP contribution in [-0.4, -0.2) is 20.3 Å². The molecule has 0 saturated carbocycles. The number of aromatic amines is 1. The topological polar surface area (TPSA) is 71.0 Å². The molecule has 136 valence electrons. The lowest BCUT2D eigenvalue weighted by Gasteiger charge is -2.28. The van der Waals surface area contributed by atoms with E-state index in [9.17, 15) is 5.11 Å². The van der Waals surface area contributed by atoms with Crippen molar-refractivity contribution >= 4 is 23.2 Å². The molecule has 0 aliphatic rings. The van der Waals surface area contributed by atoms with Gasteiger partial charge in [0.25, 0.3) is 0 Å². The third-order valence-corrected chi connectivity index (χ3v) is 4.64. The number of aliphatic hydroxyl groups is 1. The fraction of sp³-hybridized carbons (Fsp3) is 0.263. The second-order valence-corrected chi connectivity index (χ2v) is 6.93. The number of benzene rings is 2. The van der Waals surface area contributed by atoms with E-state index in [1.807, 2.05) is 6.92 Å². The first-order chi connectivity index (χ1) is 12.5. The van der Waals surface area contributed by atoms with Crippen LogP contribution in [-0.2, 0) is 12.0 Å². The minimum absolute atomic E-state index is 0.304. The van der Waals surface area contributed by atoms with E-state index in [0.29, 0.717) is 45.8 Å². The van der Waals surface area contributed by atoms with Gasteiger partial charge in [0.15, 0.2) is 0 Å². The molecule has 1 unspecified atom stereocenters. The Kier molecular flexibility index (Phi) is 5.81. The number of nitrogens with zero attached hydrogens (tertiary/aromatic N) is 2. The van der Waals surface area contributed by atoms with Crippen molar-refractivity contribution in [2.45, 2.75) is 31.8 Å². The monoisotopic (exact) mass is 391 g/mol. The maximum absolute atomic E-state index is 11.2. The minimum atomic E-state index is -1.13. The van der Waals surface area contributed by atoms with Crippen LogP contribution in [0.3, 0.4) is 0 Å². The van der Waals surface area contributed by atoms with E-state index >= 15 is 0 Å². The average Bonchev–Trinajstić information content (AvgIpc) is 3.10. The molecule has 0 aliphatic heterocycles. The highest BCUT2D eigenvalue weighted by molar-refractivity contribution is 6.31. The smallest absolute Gasteiger partial charge is 0.137 e. The third kappa shape index (κ3) is 4.36. The predicted molar refractivity (Wildman–Crippen MR) is 102 cm³/mol. The van der Waals surface area contributed by atoms with Crippen molar-refractivity contribution in [1.82, 2.24) is 15.2 Å². The van der Waals surface area contributed by atoms with Crippen LogP contribution in [0.5, 0.6) is 11.5 Å². The number of rotatable bonds is 7. The first-order valence-electron chi connectivity index (χ1n) is 8.30. The number of aromatic nitrogens is 3. The molecule has 5 nitrogen and oxygen atoms in total. The summed E-state index contributed by atoms with van der Waals surface area (Å²) >= 11 is 12.4. The van der Waals surface area contributed by atoms with Crippen LogP contribution in [0.2, 0.25) is 10.0 Å². The van der Waals surface area contributed by atoms with Crippen molar-refractivity contribution in [1.29, 1.82) is 0 Å². The molecule has 0 amide bonds. The maximum Gasteiger partial charge on any atom is 0.137 e. The van der Waals surface area contributed by atoms with Crippen LogP contribution in [0.4, 0.5) is 0 Å². The maximum atomic E-state index is 11.2. The molecule has 7 heteroatoms. The number of halogens is 2. The van der Waals surface area contributed by atoms with Crippen molar-refractivity contribution in [2.75, 3.05) is 0 Å². The van der Waals surface area contributed by atoms with Gasteiger partial charge in [-0.15, -0.1) is 0 Å². The van der Waals surface area contributed by atoms with E-state index < -0.39 is 5.60 Å². The van der Waals surface area contributed by atoms with Gasteiger partial charge in [-0.05, 0) is 42.8 Å². The first kappa shape index (κ1) is 18.7. The summed E-state index contributed by atoms with van der Waals surface area (Å²) in [6.45, 7) is 2.01. The summed E-state index contributed by atoms with van der Waals surface area (Å²) in [4.78, 5) is 4.11. The number of nitrogens with one attached hydrogen (secondary N) is 1. The molecule has 3 rings (SSSR count). The van der Waals surface area contributed by atoms with Crippen molar-refractivity contribution in [3.8, 4) is 11.5 Å². The molecule has 0 radical (unpaired) electrons. The molecular formula is C19H19Cl2N3O2. The zero-order valence-corrected chi connectivity index (χ0v) is 15.8. The molecule has 26 heavy (non-hydrogen) atoms. The van der Waals surface area contributed by atoms with E-state index in [1.54, 1.807) is 42.5 Å². The molecule has 0 spiro atoms. The van der Waals surface area contributed by atoms with Crippen LogP contribution in [0.15, 0.2) is 48.8 Å². The van der Waals surface area contributed by atoms with Gasteiger partial charge in [-0.1, -0.05) is 42.6 Å². The zero-order valence-electron chi connectivity index (χ0n) is 14.2. The molecule has 2 N–H and O–H groups in total. The number of hydrogen-bond donors (Lipinski definition) is 2. The molecule has 1 aromatic heterocycles. The third-order valence-electron chi connectivity index (χ3n) is 4.08. The summed E-state index contributed by atoms with van der Waals surface area (Å²) in [5.74, 6) is 1.85. The molecule has 3 aromatic rings. The Hall–Kier alpha value is -2.08. The molecule has 0 fully saturated rings. The lowest BCUT2D eigenvalue weighted by molar-refractivity contribution is 0.0251. The van der Waals surface area contributed by atoms with Gasteiger partial charge in [0.05, 0.1) is 10.6 Å². The van der Waals surface area contributed by atoms with Crippen molar-refractivity contribution in [2.24, 2.45) is 0 Å². The van der Waals surface area contributed by atoms with Gasteiger partial charge in [-0.25, -0.2) is 4.98 Å². The molecule has 2 aromatic carbocycles. The Labute approximate surface area is 162 Å². The van der Waals surface area contributed by atoms with Crippen LogP contribution in [0.25, 0.3) is 0 Å². The van der Waals surface area contributed by atoms with Gasteiger partial charge in [-0.2, -0.15) is 5.10 Å². The normalized spacial score (nSPS) is 13.4. The van der Waals surface area contributed by atoms with Gasteiger partial charge >= 0.3 is 0 Å². The summed E-state index contributed by atoms with van der Waals surface area (Å²) in [7, 11) is 0. The predicted octanol–water partition coefficient (Wildman–Crippen LogP) is 5.13. The van der Waals surface area contributed by atoms with Gasteiger partial charge < -0.3 is 9.84 Å². The Bertz CT molecular complexity index is 854. The van der Waals surface area contributed by atoms with Crippen molar-refractivity contribution in [3.63, 3.8) is 0 Å². The molecule has 1 atom stereocenters. The summed E-state index contributed by atoms with van der Waals surface area (Å²) in [6, 6.07) is 12.3. The Morgan fingerprint density at radius 2 is 1.85 bits per heavy atom. The van der Waals surface area contributed by atoms with Crippen LogP contribution in [0, 0.1) is 0 Å². The van der Waals surface area contributed by atoms with Crippen LogP contribution >= 0.6 is 23.2 Å². The quantitative estimate of drug-likeness (QED) is 0.585. The summed E-state index contributed by atoms with van der Waals surface area (Å²) in [6.07, 6.45) is 3.07. The highest BCUT2D eigenvalue weighted by atomic mass is 35.5. The molecule has 0 saturated heterocycles. The second kappa shape index (κ2) is 8.08. The largest absolute Gasteiger partial charge is 0.457 e. The Balaban J connectivity index is 1.85. The van der Waals surface area contributed by atoms with Crippen LogP contribution in [0.1, 0.15) is 31.2 Å². The average molecular weight is 392 g/mol.